The van der Waals surface area contributed by atoms with Gasteiger partial charge in [0.25, 0.3) is 0 Å². The van der Waals surface area contributed by atoms with Gasteiger partial charge in [-0.05, 0) is 47.5 Å². The first-order valence-electron chi connectivity index (χ1n) is 5.75. The van der Waals surface area contributed by atoms with Crippen LogP contribution in [0.2, 0.25) is 5.15 Å². The van der Waals surface area contributed by atoms with Crippen LogP contribution in [0.15, 0.2) is 39.5 Å². The lowest BCUT2D eigenvalue weighted by molar-refractivity contribution is 0.495. The Kier molecular flexibility index (Phi) is 4.66. The number of hydrogen-bond donors (Lipinski definition) is 1. The Morgan fingerprint density at radius 1 is 1.56 bits per heavy atom. The molecule has 3 nitrogen and oxygen atoms in total. The fourth-order valence-electron chi connectivity index (χ4n) is 1.67. The minimum Gasteiger partial charge on any atom is -0.469 e. The third-order valence-corrected chi connectivity index (χ3v) is 3.75. The Morgan fingerprint density at radius 3 is 3.06 bits per heavy atom. The standard InChI is InChI=1S/C13H14BrClN2O/c1-9(4-5-11-3-2-6-18-11)17-10-7-12(14)13(15)16-8-10/h2-3,6-9,17H,4-5H2,1H3. The largest absolute Gasteiger partial charge is 0.469 e. The molecule has 0 fully saturated rings. The highest BCUT2D eigenvalue weighted by molar-refractivity contribution is 9.10. The van der Waals surface area contributed by atoms with Crippen molar-refractivity contribution in [3.8, 4) is 0 Å². The van der Waals surface area contributed by atoms with Crippen molar-refractivity contribution in [2.75, 3.05) is 5.32 Å². The fraction of sp³-hybridized carbons (Fsp3) is 0.308. The Balaban J connectivity index is 1.86. The summed E-state index contributed by atoms with van der Waals surface area (Å²) in [6.45, 7) is 2.13. The number of nitrogens with zero attached hydrogens (tertiary/aromatic N) is 1. The molecule has 1 atom stereocenters. The van der Waals surface area contributed by atoms with Crippen LogP contribution in [0, 0.1) is 0 Å². The van der Waals surface area contributed by atoms with E-state index in [0.29, 0.717) is 11.2 Å². The highest BCUT2D eigenvalue weighted by atomic mass is 79.9. The SMILES string of the molecule is CC(CCc1ccco1)Nc1cnc(Cl)c(Br)c1. The average Bonchev–Trinajstić information content (AvgIpc) is 2.84. The Hall–Kier alpha value is -1.000. The van der Waals surface area contributed by atoms with Gasteiger partial charge in [-0.1, -0.05) is 11.6 Å². The predicted octanol–water partition coefficient (Wildman–Crippen LogP) is 4.52. The van der Waals surface area contributed by atoms with Gasteiger partial charge in [-0.3, -0.25) is 0 Å². The fourth-order valence-corrected chi connectivity index (χ4v) is 2.12. The van der Waals surface area contributed by atoms with E-state index in [4.69, 9.17) is 16.0 Å². The lowest BCUT2D eigenvalue weighted by atomic mass is 10.1. The molecule has 1 unspecified atom stereocenters. The van der Waals surface area contributed by atoms with Crippen LogP contribution >= 0.6 is 27.5 Å². The van der Waals surface area contributed by atoms with Gasteiger partial charge >= 0.3 is 0 Å². The van der Waals surface area contributed by atoms with Crippen molar-refractivity contribution in [1.82, 2.24) is 4.98 Å². The molecule has 0 bridgehead atoms. The number of furan rings is 1. The first-order valence-corrected chi connectivity index (χ1v) is 6.92. The van der Waals surface area contributed by atoms with Crippen molar-refractivity contribution in [3.05, 3.63) is 46.0 Å². The monoisotopic (exact) mass is 328 g/mol. The number of anilines is 1. The summed E-state index contributed by atoms with van der Waals surface area (Å²) in [5.74, 6) is 1.01. The second kappa shape index (κ2) is 6.25. The topological polar surface area (TPSA) is 38.1 Å². The molecule has 1 N–H and O–H groups in total. The summed E-state index contributed by atoms with van der Waals surface area (Å²) in [7, 11) is 0. The molecule has 2 aromatic heterocycles. The van der Waals surface area contributed by atoms with Gasteiger partial charge in [0.2, 0.25) is 0 Å². The van der Waals surface area contributed by atoms with Crippen molar-refractivity contribution in [2.24, 2.45) is 0 Å². The number of aromatic nitrogens is 1. The molecule has 0 aliphatic rings. The molecule has 0 aromatic carbocycles. The van der Waals surface area contributed by atoms with Crippen molar-refractivity contribution in [3.63, 3.8) is 0 Å². The molecule has 2 aromatic rings. The Labute approximate surface area is 120 Å². The van der Waals surface area contributed by atoms with E-state index in [2.05, 4.69) is 33.2 Å². The van der Waals surface area contributed by atoms with E-state index in [1.165, 1.54) is 0 Å². The quantitative estimate of drug-likeness (QED) is 0.819. The van der Waals surface area contributed by atoms with E-state index in [1.807, 2.05) is 18.2 Å². The molecule has 96 valence electrons. The average molecular weight is 330 g/mol. The van der Waals surface area contributed by atoms with Crippen LogP contribution in [0.1, 0.15) is 19.1 Å². The lowest BCUT2D eigenvalue weighted by Crippen LogP contribution is -2.16. The van der Waals surface area contributed by atoms with Crippen molar-refractivity contribution in [1.29, 1.82) is 0 Å². The summed E-state index contributed by atoms with van der Waals surface area (Å²) in [6.07, 6.45) is 5.35. The van der Waals surface area contributed by atoms with Crippen molar-refractivity contribution < 1.29 is 4.42 Å². The van der Waals surface area contributed by atoms with Gasteiger partial charge < -0.3 is 9.73 Å². The van der Waals surface area contributed by atoms with Crippen LogP contribution in [0.4, 0.5) is 5.69 Å². The lowest BCUT2D eigenvalue weighted by Gasteiger charge is -2.14. The number of nitrogens with one attached hydrogen (secondary N) is 1. The van der Waals surface area contributed by atoms with Gasteiger partial charge in [0, 0.05) is 12.5 Å². The molecular weight excluding hydrogens is 316 g/mol. The zero-order chi connectivity index (χ0) is 13.0. The third kappa shape index (κ3) is 3.75. The maximum atomic E-state index is 5.85. The first kappa shape index (κ1) is 13.4. The molecule has 0 saturated heterocycles. The maximum absolute atomic E-state index is 5.85. The molecule has 18 heavy (non-hydrogen) atoms. The number of aryl methyl sites for hydroxylation is 1. The second-order valence-electron chi connectivity index (χ2n) is 4.16. The van der Waals surface area contributed by atoms with Crippen LogP contribution < -0.4 is 5.32 Å². The summed E-state index contributed by atoms with van der Waals surface area (Å²) in [4.78, 5) is 4.08. The zero-order valence-corrected chi connectivity index (χ0v) is 12.3. The van der Waals surface area contributed by atoms with Crippen LogP contribution in [0.25, 0.3) is 0 Å². The number of hydrogen-bond acceptors (Lipinski definition) is 3. The van der Waals surface area contributed by atoms with Crippen molar-refractivity contribution in [2.45, 2.75) is 25.8 Å². The highest BCUT2D eigenvalue weighted by Gasteiger charge is 2.06. The Bertz CT molecular complexity index is 502. The Morgan fingerprint density at radius 2 is 2.39 bits per heavy atom. The molecular formula is C13H14BrClN2O. The molecule has 0 radical (unpaired) electrons. The molecule has 0 spiro atoms. The summed E-state index contributed by atoms with van der Waals surface area (Å²) in [6, 6.07) is 6.17. The van der Waals surface area contributed by atoms with E-state index < -0.39 is 0 Å². The molecule has 5 heteroatoms. The molecule has 0 saturated carbocycles. The van der Waals surface area contributed by atoms with E-state index in [0.717, 1.165) is 28.8 Å². The minimum atomic E-state index is 0.338. The summed E-state index contributed by atoms with van der Waals surface area (Å²) in [5.41, 5.74) is 0.957. The van der Waals surface area contributed by atoms with Gasteiger partial charge in [-0.25, -0.2) is 4.98 Å². The van der Waals surface area contributed by atoms with Gasteiger partial charge in [0.1, 0.15) is 10.9 Å². The molecule has 2 rings (SSSR count). The molecule has 2 heterocycles. The highest BCUT2D eigenvalue weighted by Crippen LogP contribution is 2.23. The summed E-state index contributed by atoms with van der Waals surface area (Å²) >= 11 is 9.20. The van der Waals surface area contributed by atoms with E-state index >= 15 is 0 Å². The van der Waals surface area contributed by atoms with E-state index in [-0.39, 0.29) is 0 Å². The van der Waals surface area contributed by atoms with Gasteiger partial charge in [-0.2, -0.15) is 0 Å². The van der Waals surface area contributed by atoms with Crippen LogP contribution in [-0.2, 0) is 6.42 Å². The minimum absolute atomic E-state index is 0.338. The molecule has 0 aliphatic carbocycles. The normalized spacial score (nSPS) is 12.4. The molecule has 0 amide bonds. The number of pyridine rings is 1. The zero-order valence-electron chi connectivity index (χ0n) is 9.99. The van der Waals surface area contributed by atoms with E-state index in [9.17, 15) is 0 Å². The first-order chi connectivity index (χ1) is 8.65. The van der Waals surface area contributed by atoms with E-state index in [1.54, 1.807) is 12.5 Å². The maximum Gasteiger partial charge on any atom is 0.143 e. The third-order valence-electron chi connectivity index (χ3n) is 2.61. The van der Waals surface area contributed by atoms with Crippen molar-refractivity contribution >= 4 is 33.2 Å². The van der Waals surface area contributed by atoms with Crippen LogP contribution in [0.3, 0.4) is 0 Å². The number of halogens is 2. The predicted molar refractivity (Wildman–Crippen MR) is 77.1 cm³/mol. The van der Waals surface area contributed by atoms with Gasteiger partial charge in [0.05, 0.1) is 22.6 Å². The van der Waals surface area contributed by atoms with Crippen LogP contribution in [0.5, 0.6) is 0 Å². The summed E-state index contributed by atoms with van der Waals surface area (Å²) < 4.78 is 6.10. The number of rotatable bonds is 5. The second-order valence-corrected chi connectivity index (χ2v) is 5.37. The van der Waals surface area contributed by atoms with Gasteiger partial charge in [-0.15, -0.1) is 0 Å². The smallest absolute Gasteiger partial charge is 0.143 e. The summed E-state index contributed by atoms with van der Waals surface area (Å²) in [5, 5.41) is 3.86. The van der Waals surface area contributed by atoms with Crippen LogP contribution in [-0.4, -0.2) is 11.0 Å². The van der Waals surface area contributed by atoms with Gasteiger partial charge in [0.15, 0.2) is 0 Å². The molecule has 0 aliphatic heterocycles.